The fourth-order valence-corrected chi connectivity index (χ4v) is 0.768. The lowest BCUT2D eigenvalue weighted by Gasteiger charge is -1.87. The van der Waals surface area contributed by atoms with E-state index in [0.29, 0.717) is 0 Å². The van der Waals surface area contributed by atoms with Crippen LogP contribution in [0.25, 0.3) is 0 Å². The van der Waals surface area contributed by atoms with E-state index in [1.54, 1.807) is 0 Å². The molecule has 0 aliphatic rings. The number of aliphatic hydroxyl groups excluding tert-OH is 2. The van der Waals surface area contributed by atoms with Gasteiger partial charge in [0.15, 0.2) is 0 Å². The number of aliphatic hydroxyl groups is 2. The van der Waals surface area contributed by atoms with Crippen molar-refractivity contribution in [2.24, 2.45) is 0 Å². The topological polar surface area (TPSA) is 40.5 Å². The van der Waals surface area contributed by atoms with Gasteiger partial charge in [0.25, 0.3) is 0 Å². The number of unbranched alkanes of at least 4 members (excludes halogenated alkanes) is 2. The first-order chi connectivity index (χ1) is 5.91. The van der Waals surface area contributed by atoms with E-state index >= 15 is 0 Å². The van der Waals surface area contributed by atoms with Gasteiger partial charge in [-0.3, -0.25) is 0 Å². The van der Waals surface area contributed by atoms with E-state index in [-0.39, 0.29) is 13.2 Å². The average molecular weight is 170 g/mol. The summed E-state index contributed by atoms with van der Waals surface area (Å²) in [6, 6.07) is 0. The number of rotatable bonds is 7. The van der Waals surface area contributed by atoms with E-state index in [1.807, 2.05) is 24.3 Å². The van der Waals surface area contributed by atoms with Gasteiger partial charge in [0.1, 0.15) is 0 Å². The third kappa shape index (κ3) is 9.40. The predicted octanol–water partition coefficient (Wildman–Crippen LogP) is 1.64. The van der Waals surface area contributed by atoms with Gasteiger partial charge < -0.3 is 10.2 Å². The molecule has 0 aromatic carbocycles. The van der Waals surface area contributed by atoms with E-state index in [1.165, 1.54) is 0 Å². The zero-order chi connectivity index (χ0) is 9.07. The summed E-state index contributed by atoms with van der Waals surface area (Å²) in [5, 5.41) is 16.9. The molecule has 2 heteroatoms. The largest absolute Gasteiger partial charge is 0.396 e. The summed E-state index contributed by atoms with van der Waals surface area (Å²) in [5.41, 5.74) is 0. The Morgan fingerprint density at radius 2 is 1.17 bits per heavy atom. The van der Waals surface area contributed by atoms with E-state index in [9.17, 15) is 0 Å². The molecule has 2 nitrogen and oxygen atoms in total. The fraction of sp³-hybridized carbons (Fsp3) is 0.600. The number of hydrogen-bond donors (Lipinski definition) is 2. The van der Waals surface area contributed by atoms with Crippen molar-refractivity contribution in [2.75, 3.05) is 13.2 Å². The molecule has 0 atom stereocenters. The fourth-order valence-electron chi connectivity index (χ4n) is 0.768. The first-order valence-electron chi connectivity index (χ1n) is 4.45. The normalized spacial score (nSPS) is 11.8. The average Bonchev–Trinajstić information content (AvgIpc) is 2.10. The van der Waals surface area contributed by atoms with Crippen molar-refractivity contribution < 1.29 is 10.2 Å². The molecule has 0 fully saturated rings. The van der Waals surface area contributed by atoms with Crippen LogP contribution in [-0.4, -0.2) is 23.4 Å². The Hall–Kier alpha value is -0.600. The first-order valence-corrected chi connectivity index (χ1v) is 4.45. The highest BCUT2D eigenvalue weighted by Gasteiger charge is 1.77. The van der Waals surface area contributed by atoms with Crippen molar-refractivity contribution in [3.05, 3.63) is 24.3 Å². The molecule has 0 spiro atoms. The van der Waals surface area contributed by atoms with Crippen LogP contribution in [0.4, 0.5) is 0 Å². The van der Waals surface area contributed by atoms with Crippen LogP contribution in [0.5, 0.6) is 0 Å². The molecular weight excluding hydrogens is 152 g/mol. The zero-order valence-electron chi connectivity index (χ0n) is 7.45. The highest BCUT2D eigenvalue weighted by atomic mass is 16.3. The summed E-state index contributed by atoms with van der Waals surface area (Å²) in [7, 11) is 0. The molecule has 0 aromatic heterocycles. The standard InChI is InChI=1S/C10H18O2/c11-9-7-5-3-1-2-4-6-8-10-12/h1-4,11-12H,5-10H2/b3-1+,4-2+. The van der Waals surface area contributed by atoms with Crippen molar-refractivity contribution in [3.63, 3.8) is 0 Å². The summed E-state index contributed by atoms with van der Waals surface area (Å²) in [5.74, 6) is 0. The quantitative estimate of drug-likeness (QED) is 0.450. The summed E-state index contributed by atoms with van der Waals surface area (Å²) >= 11 is 0. The summed E-state index contributed by atoms with van der Waals surface area (Å²) < 4.78 is 0. The minimum Gasteiger partial charge on any atom is -0.396 e. The van der Waals surface area contributed by atoms with Crippen LogP contribution in [0.1, 0.15) is 25.7 Å². The van der Waals surface area contributed by atoms with Crippen molar-refractivity contribution in [1.82, 2.24) is 0 Å². The monoisotopic (exact) mass is 170 g/mol. The second kappa shape index (κ2) is 10.4. The van der Waals surface area contributed by atoms with Gasteiger partial charge in [-0.1, -0.05) is 24.3 Å². The SMILES string of the molecule is OCCC/C=C/C=C/CCCO. The molecule has 2 N–H and O–H groups in total. The highest BCUT2D eigenvalue weighted by Crippen LogP contribution is 1.92. The van der Waals surface area contributed by atoms with Gasteiger partial charge in [0, 0.05) is 13.2 Å². The Labute approximate surface area is 74.2 Å². The molecule has 0 saturated heterocycles. The number of hydrogen-bond acceptors (Lipinski definition) is 2. The van der Waals surface area contributed by atoms with Gasteiger partial charge in [-0.15, -0.1) is 0 Å². The Bertz CT molecular complexity index is 112. The Morgan fingerprint density at radius 3 is 1.50 bits per heavy atom. The van der Waals surface area contributed by atoms with Crippen LogP contribution in [0.15, 0.2) is 24.3 Å². The predicted molar refractivity (Wildman–Crippen MR) is 50.9 cm³/mol. The van der Waals surface area contributed by atoms with E-state index in [4.69, 9.17) is 10.2 Å². The van der Waals surface area contributed by atoms with Gasteiger partial charge in [-0.25, -0.2) is 0 Å². The van der Waals surface area contributed by atoms with Crippen molar-refractivity contribution in [3.8, 4) is 0 Å². The van der Waals surface area contributed by atoms with Gasteiger partial charge in [-0.05, 0) is 25.7 Å². The maximum atomic E-state index is 8.46. The van der Waals surface area contributed by atoms with Crippen LogP contribution < -0.4 is 0 Å². The lowest BCUT2D eigenvalue weighted by atomic mass is 10.2. The van der Waals surface area contributed by atoms with Crippen LogP contribution in [0.3, 0.4) is 0 Å². The van der Waals surface area contributed by atoms with Crippen LogP contribution in [0, 0.1) is 0 Å². The Balaban J connectivity index is 3.15. The Kier molecular flexibility index (Phi) is 9.88. The molecule has 70 valence electrons. The van der Waals surface area contributed by atoms with E-state index in [0.717, 1.165) is 25.7 Å². The molecule has 0 rings (SSSR count). The van der Waals surface area contributed by atoms with E-state index < -0.39 is 0 Å². The lowest BCUT2D eigenvalue weighted by Crippen LogP contribution is -1.78. The third-order valence-electron chi connectivity index (χ3n) is 1.44. The minimum atomic E-state index is 0.262. The molecule has 0 heterocycles. The second-order valence-electron chi connectivity index (χ2n) is 2.59. The molecular formula is C10H18O2. The summed E-state index contributed by atoms with van der Waals surface area (Å²) in [4.78, 5) is 0. The van der Waals surface area contributed by atoms with Gasteiger partial charge in [0.05, 0.1) is 0 Å². The van der Waals surface area contributed by atoms with Gasteiger partial charge >= 0.3 is 0 Å². The highest BCUT2D eigenvalue weighted by molar-refractivity contribution is 5.02. The molecule has 12 heavy (non-hydrogen) atoms. The molecule has 0 aliphatic carbocycles. The minimum absolute atomic E-state index is 0.262. The van der Waals surface area contributed by atoms with Gasteiger partial charge in [0.2, 0.25) is 0 Å². The Morgan fingerprint density at radius 1 is 0.750 bits per heavy atom. The van der Waals surface area contributed by atoms with Crippen molar-refractivity contribution in [1.29, 1.82) is 0 Å². The van der Waals surface area contributed by atoms with Crippen LogP contribution in [0.2, 0.25) is 0 Å². The second-order valence-corrected chi connectivity index (χ2v) is 2.59. The van der Waals surface area contributed by atoms with Gasteiger partial charge in [-0.2, -0.15) is 0 Å². The third-order valence-corrected chi connectivity index (χ3v) is 1.44. The smallest absolute Gasteiger partial charge is 0.0433 e. The summed E-state index contributed by atoms with van der Waals surface area (Å²) in [6.07, 6.45) is 11.6. The molecule has 0 aliphatic heterocycles. The van der Waals surface area contributed by atoms with Crippen molar-refractivity contribution >= 4 is 0 Å². The molecule has 0 radical (unpaired) electrons. The van der Waals surface area contributed by atoms with Crippen LogP contribution >= 0.6 is 0 Å². The molecule has 0 unspecified atom stereocenters. The maximum absolute atomic E-state index is 8.46. The van der Waals surface area contributed by atoms with Crippen molar-refractivity contribution in [2.45, 2.75) is 25.7 Å². The lowest BCUT2D eigenvalue weighted by molar-refractivity contribution is 0.289. The molecule has 0 bridgehead atoms. The first kappa shape index (κ1) is 11.4. The molecule has 0 saturated carbocycles. The molecule has 0 amide bonds. The van der Waals surface area contributed by atoms with Crippen LogP contribution in [-0.2, 0) is 0 Å². The maximum Gasteiger partial charge on any atom is 0.0433 e. The molecule has 0 aromatic rings. The van der Waals surface area contributed by atoms with E-state index in [2.05, 4.69) is 0 Å². The number of allylic oxidation sites excluding steroid dienone is 4. The zero-order valence-corrected chi connectivity index (χ0v) is 7.45. The summed E-state index contributed by atoms with van der Waals surface area (Å²) in [6.45, 7) is 0.525.